The molecule has 0 unspecified atom stereocenters. The average molecular weight is 407 g/mol. The second kappa shape index (κ2) is 8.54. The number of hydrogen-bond acceptors (Lipinski definition) is 6. The van der Waals surface area contributed by atoms with Gasteiger partial charge in [-0.2, -0.15) is 0 Å². The average Bonchev–Trinajstić information content (AvgIpc) is 2.99. The maximum atomic E-state index is 12.8. The molecule has 2 heterocycles. The molecule has 2 aromatic heterocycles. The molecule has 27 heavy (non-hydrogen) atoms. The monoisotopic (exact) mass is 406 g/mol. The van der Waals surface area contributed by atoms with E-state index in [4.69, 9.17) is 21.1 Å². The minimum atomic E-state index is -0.416. The largest absolute Gasteiger partial charge is 0.494 e. The smallest absolute Gasteiger partial charge is 0.348 e. The summed E-state index contributed by atoms with van der Waals surface area (Å²) in [6.07, 6.45) is 2.15. The lowest BCUT2D eigenvalue weighted by molar-refractivity contribution is 0.0531. The third-order valence-corrected chi connectivity index (χ3v) is 5.44. The molecule has 0 saturated heterocycles. The summed E-state index contributed by atoms with van der Waals surface area (Å²) in [5.41, 5.74) is 0.466. The van der Waals surface area contributed by atoms with Gasteiger partial charge in [-0.3, -0.25) is 9.36 Å². The first-order chi connectivity index (χ1) is 13.0. The van der Waals surface area contributed by atoms with Gasteiger partial charge in [-0.05, 0) is 50.1 Å². The summed E-state index contributed by atoms with van der Waals surface area (Å²) in [7, 11) is 0. The number of hydrogen-bond donors (Lipinski definition) is 0. The summed E-state index contributed by atoms with van der Waals surface area (Å²) in [5.74, 6) is 0.313. The van der Waals surface area contributed by atoms with Gasteiger partial charge in [-0.15, -0.1) is 11.3 Å². The van der Waals surface area contributed by atoms with Crippen LogP contribution in [0.1, 0.15) is 28.6 Å². The van der Waals surface area contributed by atoms with Gasteiger partial charge in [0.15, 0.2) is 0 Å². The number of nitrogens with zero attached hydrogens (tertiary/aromatic N) is 2. The third kappa shape index (κ3) is 4.31. The standard InChI is InChI=1S/C19H19ClN2O4S/c1-3-25-19(24)16-12(2)15-17(27-16)21-11-22(18(15)23)9-4-10-26-14-7-5-13(20)6-8-14/h5-8,11H,3-4,9-10H2,1-2H3. The fraction of sp³-hybridized carbons (Fsp3) is 0.316. The zero-order chi connectivity index (χ0) is 19.4. The Bertz CT molecular complexity index is 1010. The predicted molar refractivity (Wildman–Crippen MR) is 106 cm³/mol. The Morgan fingerprint density at radius 2 is 2.04 bits per heavy atom. The number of ether oxygens (including phenoxy) is 2. The van der Waals surface area contributed by atoms with Gasteiger partial charge >= 0.3 is 5.97 Å². The zero-order valence-electron chi connectivity index (χ0n) is 15.0. The molecule has 0 fully saturated rings. The van der Waals surface area contributed by atoms with E-state index in [0.29, 0.717) is 45.3 Å². The molecule has 0 N–H and O–H groups in total. The van der Waals surface area contributed by atoms with Crippen LogP contribution in [0.4, 0.5) is 0 Å². The van der Waals surface area contributed by atoms with Gasteiger partial charge in [0.1, 0.15) is 15.5 Å². The van der Waals surface area contributed by atoms with Crippen LogP contribution in [0.25, 0.3) is 10.2 Å². The minimum Gasteiger partial charge on any atom is -0.494 e. The number of benzene rings is 1. The highest BCUT2D eigenvalue weighted by Crippen LogP contribution is 2.27. The van der Waals surface area contributed by atoms with Crippen LogP contribution in [-0.4, -0.2) is 28.7 Å². The van der Waals surface area contributed by atoms with Crippen LogP contribution in [0.3, 0.4) is 0 Å². The first-order valence-corrected chi connectivity index (χ1v) is 9.74. The molecule has 3 aromatic rings. The van der Waals surface area contributed by atoms with Gasteiger partial charge in [-0.25, -0.2) is 9.78 Å². The van der Waals surface area contributed by atoms with Crippen molar-refractivity contribution in [2.75, 3.05) is 13.2 Å². The lowest BCUT2D eigenvalue weighted by Crippen LogP contribution is -2.21. The van der Waals surface area contributed by atoms with Crippen molar-refractivity contribution >= 4 is 39.1 Å². The highest BCUT2D eigenvalue weighted by Gasteiger charge is 2.20. The van der Waals surface area contributed by atoms with Crippen LogP contribution in [-0.2, 0) is 11.3 Å². The highest BCUT2D eigenvalue weighted by molar-refractivity contribution is 7.20. The molecule has 0 bridgehead atoms. The highest BCUT2D eigenvalue weighted by atomic mass is 35.5. The summed E-state index contributed by atoms with van der Waals surface area (Å²) >= 11 is 7.03. The van der Waals surface area contributed by atoms with Gasteiger partial charge in [0.2, 0.25) is 0 Å². The molecule has 1 aromatic carbocycles. The molecule has 0 atom stereocenters. The summed E-state index contributed by atoms with van der Waals surface area (Å²) in [4.78, 5) is 30.1. The van der Waals surface area contributed by atoms with E-state index in [2.05, 4.69) is 4.98 Å². The molecule has 6 nitrogen and oxygen atoms in total. The van der Waals surface area contributed by atoms with Gasteiger partial charge < -0.3 is 9.47 Å². The maximum Gasteiger partial charge on any atom is 0.348 e. The summed E-state index contributed by atoms with van der Waals surface area (Å²) in [5, 5.41) is 1.13. The predicted octanol–water partition coefficient (Wildman–Crippen LogP) is 4.07. The molecule has 0 aliphatic carbocycles. The molecule has 142 valence electrons. The van der Waals surface area contributed by atoms with Crippen molar-refractivity contribution in [2.45, 2.75) is 26.8 Å². The SMILES string of the molecule is CCOC(=O)c1sc2ncn(CCCOc3ccc(Cl)cc3)c(=O)c2c1C. The molecule has 0 aliphatic rings. The van der Waals surface area contributed by atoms with Gasteiger partial charge in [0.05, 0.1) is 24.9 Å². The first kappa shape index (κ1) is 19.4. The number of carbonyl (C=O) groups excluding carboxylic acids is 1. The van der Waals surface area contributed by atoms with E-state index in [9.17, 15) is 9.59 Å². The Morgan fingerprint density at radius 1 is 1.30 bits per heavy atom. The van der Waals surface area contributed by atoms with E-state index in [1.54, 1.807) is 42.7 Å². The van der Waals surface area contributed by atoms with E-state index in [1.165, 1.54) is 17.7 Å². The van der Waals surface area contributed by atoms with Gasteiger partial charge in [0, 0.05) is 11.6 Å². The fourth-order valence-electron chi connectivity index (χ4n) is 2.67. The Kier molecular flexibility index (Phi) is 6.13. The number of thiophene rings is 1. The Labute approximate surface area is 165 Å². The summed E-state index contributed by atoms with van der Waals surface area (Å²) < 4.78 is 12.2. The van der Waals surface area contributed by atoms with E-state index in [-0.39, 0.29) is 12.2 Å². The van der Waals surface area contributed by atoms with Crippen molar-refractivity contribution in [3.8, 4) is 5.75 Å². The molecule has 3 rings (SSSR count). The van der Waals surface area contributed by atoms with E-state index in [1.807, 2.05) is 0 Å². The van der Waals surface area contributed by atoms with Crippen LogP contribution in [0.15, 0.2) is 35.4 Å². The Hall–Kier alpha value is -2.38. The lowest BCUT2D eigenvalue weighted by Gasteiger charge is -2.08. The number of esters is 1. The second-order valence-corrected chi connectivity index (χ2v) is 7.29. The number of aromatic nitrogens is 2. The zero-order valence-corrected chi connectivity index (χ0v) is 16.6. The molecular formula is C19H19ClN2O4S. The third-order valence-electron chi connectivity index (χ3n) is 4.00. The van der Waals surface area contributed by atoms with Crippen molar-refractivity contribution in [3.63, 3.8) is 0 Å². The molecule has 0 saturated carbocycles. The van der Waals surface area contributed by atoms with Crippen LogP contribution >= 0.6 is 22.9 Å². The van der Waals surface area contributed by atoms with Crippen LogP contribution < -0.4 is 10.3 Å². The van der Waals surface area contributed by atoms with Crippen LogP contribution in [0.2, 0.25) is 5.02 Å². The quantitative estimate of drug-likeness (QED) is 0.437. The van der Waals surface area contributed by atoms with Crippen molar-refractivity contribution in [1.29, 1.82) is 0 Å². The topological polar surface area (TPSA) is 70.4 Å². The molecule has 8 heteroatoms. The lowest BCUT2D eigenvalue weighted by atomic mass is 10.2. The van der Waals surface area contributed by atoms with Crippen molar-refractivity contribution < 1.29 is 14.3 Å². The van der Waals surface area contributed by atoms with Crippen LogP contribution in [0.5, 0.6) is 5.75 Å². The van der Waals surface area contributed by atoms with Crippen molar-refractivity contribution in [1.82, 2.24) is 9.55 Å². The second-order valence-electron chi connectivity index (χ2n) is 5.86. The van der Waals surface area contributed by atoms with E-state index >= 15 is 0 Å². The van der Waals surface area contributed by atoms with Crippen molar-refractivity contribution in [2.24, 2.45) is 0 Å². The molecule has 0 amide bonds. The van der Waals surface area contributed by atoms with E-state index < -0.39 is 5.97 Å². The number of aryl methyl sites for hydroxylation is 2. The van der Waals surface area contributed by atoms with E-state index in [0.717, 1.165) is 5.75 Å². The van der Waals surface area contributed by atoms with Crippen LogP contribution in [0, 0.1) is 6.92 Å². The molecule has 0 spiro atoms. The summed E-state index contributed by atoms with van der Waals surface area (Å²) in [6.45, 7) is 4.72. The Balaban J connectivity index is 1.71. The number of rotatable bonds is 7. The number of carbonyl (C=O) groups is 1. The minimum absolute atomic E-state index is 0.157. The molecule has 0 aliphatic heterocycles. The maximum absolute atomic E-state index is 12.8. The number of halogens is 1. The molecular weight excluding hydrogens is 388 g/mol. The Morgan fingerprint density at radius 3 is 2.74 bits per heavy atom. The first-order valence-electron chi connectivity index (χ1n) is 8.55. The normalized spacial score (nSPS) is 10.9. The fourth-order valence-corrected chi connectivity index (χ4v) is 3.82. The molecule has 0 radical (unpaired) electrons. The van der Waals surface area contributed by atoms with Crippen molar-refractivity contribution in [3.05, 3.63) is 56.4 Å². The van der Waals surface area contributed by atoms with Gasteiger partial charge in [0.25, 0.3) is 5.56 Å². The number of fused-ring (bicyclic) bond motifs is 1. The summed E-state index contributed by atoms with van der Waals surface area (Å²) in [6, 6.07) is 7.13. The van der Waals surface area contributed by atoms with Gasteiger partial charge in [-0.1, -0.05) is 11.6 Å².